The Kier molecular flexibility index (Phi) is 5.79. The molecule has 34 heavy (non-hydrogen) atoms. The van der Waals surface area contributed by atoms with E-state index in [1.165, 1.54) is 0 Å². The summed E-state index contributed by atoms with van der Waals surface area (Å²) in [6.45, 7) is 0.466. The SMILES string of the molecule is Cc1nn2ccc(-c3cnc(N4CCNC(=O)C4)nc3)cc2c1Cc1ccccc1OC(F)F. The molecule has 1 amide bonds. The summed E-state index contributed by atoms with van der Waals surface area (Å²) in [6, 6.07) is 10.7. The summed E-state index contributed by atoms with van der Waals surface area (Å²) in [7, 11) is 0. The number of halogens is 2. The molecule has 0 spiro atoms. The first kappa shape index (κ1) is 21.7. The first-order chi connectivity index (χ1) is 16.5. The molecule has 1 saturated heterocycles. The van der Waals surface area contributed by atoms with Gasteiger partial charge in [0.05, 0.1) is 17.8 Å². The topological polar surface area (TPSA) is 84.7 Å². The van der Waals surface area contributed by atoms with Crippen LogP contribution < -0.4 is 15.0 Å². The second-order valence-corrected chi connectivity index (χ2v) is 8.02. The molecule has 0 radical (unpaired) electrons. The van der Waals surface area contributed by atoms with Crippen molar-refractivity contribution in [3.05, 3.63) is 71.8 Å². The molecule has 1 aliphatic heterocycles. The molecule has 0 atom stereocenters. The van der Waals surface area contributed by atoms with Gasteiger partial charge in [-0.2, -0.15) is 13.9 Å². The maximum atomic E-state index is 12.8. The average Bonchev–Trinajstić information content (AvgIpc) is 3.14. The number of carbonyl (C=O) groups excluding carboxylic acids is 1. The zero-order valence-corrected chi connectivity index (χ0v) is 18.4. The van der Waals surface area contributed by atoms with Crippen molar-refractivity contribution < 1.29 is 18.3 Å². The van der Waals surface area contributed by atoms with Gasteiger partial charge >= 0.3 is 6.61 Å². The molecule has 0 bridgehead atoms. The van der Waals surface area contributed by atoms with Crippen LogP contribution in [0.1, 0.15) is 16.8 Å². The van der Waals surface area contributed by atoms with E-state index in [4.69, 9.17) is 4.74 Å². The lowest BCUT2D eigenvalue weighted by Gasteiger charge is -2.26. The van der Waals surface area contributed by atoms with Gasteiger partial charge in [-0.25, -0.2) is 14.5 Å². The lowest BCUT2D eigenvalue weighted by atomic mass is 10.0. The van der Waals surface area contributed by atoms with Gasteiger partial charge in [-0.05, 0) is 36.2 Å². The number of pyridine rings is 1. The number of ether oxygens (including phenoxy) is 1. The Morgan fingerprint density at radius 1 is 1.15 bits per heavy atom. The van der Waals surface area contributed by atoms with Crippen molar-refractivity contribution in [1.29, 1.82) is 0 Å². The Hall–Kier alpha value is -4.08. The Morgan fingerprint density at radius 3 is 2.71 bits per heavy atom. The van der Waals surface area contributed by atoms with Crippen molar-refractivity contribution >= 4 is 17.4 Å². The average molecular weight is 464 g/mol. The van der Waals surface area contributed by atoms with Crippen molar-refractivity contribution in [3.63, 3.8) is 0 Å². The molecule has 8 nitrogen and oxygen atoms in total. The number of hydrogen-bond donors (Lipinski definition) is 1. The summed E-state index contributed by atoms with van der Waals surface area (Å²) in [5.41, 5.74) is 4.96. The van der Waals surface area contributed by atoms with E-state index in [-0.39, 0.29) is 18.2 Å². The number of benzene rings is 1. The lowest BCUT2D eigenvalue weighted by molar-refractivity contribution is -0.120. The molecule has 5 rings (SSSR count). The number of anilines is 1. The molecule has 10 heteroatoms. The van der Waals surface area contributed by atoms with Gasteiger partial charge in [0.1, 0.15) is 5.75 Å². The number of fused-ring (bicyclic) bond motifs is 1. The number of nitrogens with zero attached hydrogens (tertiary/aromatic N) is 5. The standard InChI is InChI=1S/C24H22F2N6O2/c1-15-19(10-17-4-2-3-5-21(17)34-23(25)26)20-11-16(6-8-32(20)30-15)18-12-28-24(29-13-18)31-9-7-27-22(33)14-31/h2-6,8,11-13,23H,7,9-10,14H2,1H3,(H,27,33). The second kappa shape index (κ2) is 9.05. The number of amides is 1. The predicted molar refractivity (Wildman–Crippen MR) is 122 cm³/mol. The van der Waals surface area contributed by atoms with Crippen LogP contribution in [0.25, 0.3) is 16.6 Å². The third-order valence-corrected chi connectivity index (χ3v) is 5.79. The van der Waals surface area contributed by atoms with E-state index in [0.29, 0.717) is 31.0 Å². The fraction of sp³-hybridized carbons (Fsp3) is 0.250. The van der Waals surface area contributed by atoms with E-state index in [1.807, 2.05) is 30.2 Å². The lowest BCUT2D eigenvalue weighted by Crippen LogP contribution is -2.48. The molecule has 1 fully saturated rings. The van der Waals surface area contributed by atoms with Crippen molar-refractivity contribution in [2.75, 3.05) is 24.5 Å². The molecule has 0 unspecified atom stereocenters. The van der Waals surface area contributed by atoms with Gasteiger partial charge in [-0.1, -0.05) is 18.2 Å². The van der Waals surface area contributed by atoms with E-state index in [9.17, 15) is 13.6 Å². The number of hydrogen-bond acceptors (Lipinski definition) is 6. The fourth-order valence-corrected chi connectivity index (χ4v) is 4.10. The Labute approximate surface area is 194 Å². The summed E-state index contributed by atoms with van der Waals surface area (Å²) in [5, 5.41) is 7.35. The highest BCUT2D eigenvalue weighted by Crippen LogP contribution is 2.29. The summed E-state index contributed by atoms with van der Waals surface area (Å²) < 4.78 is 32.2. The van der Waals surface area contributed by atoms with Crippen LogP contribution >= 0.6 is 0 Å². The van der Waals surface area contributed by atoms with Crippen molar-refractivity contribution in [2.45, 2.75) is 20.0 Å². The highest BCUT2D eigenvalue weighted by atomic mass is 19.3. The van der Waals surface area contributed by atoms with Gasteiger partial charge in [0.15, 0.2) is 0 Å². The monoisotopic (exact) mass is 464 g/mol. The quantitative estimate of drug-likeness (QED) is 0.472. The van der Waals surface area contributed by atoms with E-state index < -0.39 is 6.61 Å². The van der Waals surface area contributed by atoms with Crippen molar-refractivity contribution in [3.8, 4) is 16.9 Å². The third kappa shape index (κ3) is 4.39. The molecular weight excluding hydrogens is 442 g/mol. The highest BCUT2D eigenvalue weighted by molar-refractivity contribution is 5.82. The zero-order valence-electron chi connectivity index (χ0n) is 18.4. The van der Waals surface area contributed by atoms with Gasteiger partial charge in [-0.3, -0.25) is 4.79 Å². The highest BCUT2D eigenvalue weighted by Gasteiger charge is 2.19. The number of alkyl halides is 2. The van der Waals surface area contributed by atoms with Crippen LogP contribution in [0, 0.1) is 6.92 Å². The number of rotatable bonds is 6. The number of carbonyl (C=O) groups is 1. The molecule has 4 aromatic rings. The Balaban J connectivity index is 1.45. The molecule has 1 aromatic carbocycles. The van der Waals surface area contributed by atoms with Crippen LogP contribution in [0.5, 0.6) is 5.75 Å². The predicted octanol–water partition coefficient (Wildman–Crippen LogP) is 3.23. The zero-order chi connectivity index (χ0) is 23.7. The molecule has 1 aliphatic rings. The number of aryl methyl sites for hydroxylation is 1. The van der Waals surface area contributed by atoms with E-state index in [0.717, 1.165) is 27.9 Å². The summed E-state index contributed by atoms with van der Waals surface area (Å²) in [5.74, 6) is 0.618. The molecule has 0 aliphatic carbocycles. The van der Waals surface area contributed by atoms with Crippen LogP contribution in [0.15, 0.2) is 55.0 Å². The molecule has 0 saturated carbocycles. The number of para-hydroxylation sites is 1. The van der Waals surface area contributed by atoms with E-state index >= 15 is 0 Å². The first-order valence-electron chi connectivity index (χ1n) is 10.8. The van der Waals surface area contributed by atoms with Crippen LogP contribution in [-0.4, -0.2) is 51.7 Å². The van der Waals surface area contributed by atoms with Crippen LogP contribution in [0.4, 0.5) is 14.7 Å². The Bertz CT molecular complexity index is 1340. The largest absolute Gasteiger partial charge is 0.435 e. The summed E-state index contributed by atoms with van der Waals surface area (Å²) >= 11 is 0. The second-order valence-electron chi connectivity index (χ2n) is 8.02. The minimum absolute atomic E-state index is 0.0477. The number of piperazine rings is 1. The maximum absolute atomic E-state index is 12.8. The molecule has 1 N–H and O–H groups in total. The van der Waals surface area contributed by atoms with E-state index in [2.05, 4.69) is 20.4 Å². The van der Waals surface area contributed by atoms with Crippen LogP contribution in [0.3, 0.4) is 0 Å². The van der Waals surface area contributed by atoms with Crippen molar-refractivity contribution in [2.24, 2.45) is 0 Å². The minimum atomic E-state index is -2.89. The number of aromatic nitrogens is 4. The normalized spacial score (nSPS) is 14.0. The first-order valence-corrected chi connectivity index (χ1v) is 10.8. The van der Waals surface area contributed by atoms with Gasteiger partial charge in [0.25, 0.3) is 0 Å². The van der Waals surface area contributed by atoms with Gasteiger partial charge in [0, 0.05) is 49.2 Å². The summed E-state index contributed by atoms with van der Waals surface area (Å²) in [4.78, 5) is 22.4. The number of nitrogens with one attached hydrogen (secondary N) is 1. The van der Waals surface area contributed by atoms with Gasteiger partial charge in [-0.15, -0.1) is 0 Å². The third-order valence-electron chi connectivity index (χ3n) is 5.79. The smallest absolute Gasteiger partial charge is 0.387 e. The molecular formula is C24H22F2N6O2. The maximum Gasteiger partial charge on any atom is 0.387 e. The van der Waals surface area contributed by atoms with Gasteiger partial charge < -0.3 is 15.0 Å². The summed E-state index contributed by atoms with van der Waals surface area (Å²) in [6.07, 6.45) is 5.71. The minimum Gasteiger partial charge on any atom is -0.435 e. The molecule has 4 heterocycles. The fourth-order valence-electron chi connectivity index (χ4n) is 4.10. The van der Waals surface area contributed by atoms with Gasteiger partial charge in [0.2, 0.25) is 11.9 Å². The molecule has 174 valence electrons. The van der Waals surface area contributed by atoms with Crippen LogP contribution in [-0.2, 0) is 11.2 Å². The van der Waals surface area contributed by atoms with E-state index in [1.54, 1.807) is 41.2 Å². The molecule has 3 aromatic heterocycles. The Morgan fingerprint density at radius 2 is 1.94 bits per heavy atom. The van der Waals surface area contributed by atoms with Crippen molar-refractivity contribution in [1.82, 2.24) is 24.9 Å². The van der Waals surface area contributed by atoms with Crippen LogP contribution in [0.2, 0.25) is 0 Å².